The van der Waals surface area contributed by atoms with Gasteiger partial charge >= 0.3 is 6.18 Å². The number of nitrogens with two attached hydrogens (primary N) is 1. The van der Waals surface area contributed by atoms with Crippen molar-refractivity contribution >= 4 is 16.7 Å². The minimum absolute atomic E-state index is 0.158. The van der Waals surface area contributed by atoms with Crippen molar-refractivity contribution < 1.29 is 22.2 Å². The minimum Gasteiger partial charge on any atom is -0.366 e. The van der Waals surface area contributed by atoms with Crippen LogP contribution in [0.5, 0.6) is 0 Å². The fourth-order valence-electron chi connectivity index (χ4n) is 1.14. The van der Waals surface area contributed by atoms with Crippen LogP contribution in [-0.4, -0.2) is 16.4 Å². The number of hydrogen-bond donors (Lipinski definition) is 1. The number of halogens is 3. The first kappa shape index (κ1) is 12.7. The summed E-state index contributed by atoms with van der Waals surface area (Å²) >= 11 is 0. The van der Waals surface area contributed by atoms with E-state index in [0.717, 1.165) is 12.1 Å². The quantitative estimate of drug-likeness (QED) is 0.866. The molecule has 0 fully saturated rings. The van der Waals surface area contributed by atoms with E-state index in [1.807, 2.05) is 0 Å². The molecule has 16 heavy (non-hydrogen) atoms. The van der Waals surface area contributed by atoms with Crippen LogP contribution in [-0.2, 0) is 17.0 Å². The average Bonchev–Trinajstić information content (AvgIpc) is 2.15. The van der Waals surface area contributed by atoms with Crippen LogP contribution in [0.15, 0.2) is 23.1 Å². The summed E-state index contributed by atoms with van der Waals surface area (Å²) in [6.07, 6.45) is -3.35. The molecule has 0 radical (unpaired) electrons. The van der Waals surface area contributed by atoms with Crippen molar-refractivity contribution in [2.24, 2.45) is 5.73 Å². The van der Waals surface area contributed by atoms with Gasteiger partial charge in [0.2, 0.25) is 5.91 Å². The van der Waals surface area contributed by atoms with Gasteiger partial charge in [-0.1, -0.05) is 0 Å². The summed E-state index contributed by atoms with van der Waals surface area (Å²) in [5.74, 6) is -0.904. The molecular formula is C9H8F3NO2S. The molecule has 0 spiro atoms. The van der Waals surface area contributed by atoms with Crippen molar-refractivity contribution in [2.75, 3.05) is 6.26 Å². The molecule has 1 unspecified atom stereocenters. The Hall–Kier alpha value is -1.37. The smallest absolute Gasteiger partial charge is 0.366 e. The predicted molar refractivity (Wildman–Crippen MR) is 52.3 cm³/mol. The Morgan fingerprint density at radius 3 is 2.31 bits per heavy atom. The third kappa shape index (κ3) is 2.60. The van der Waals surface area contributed by atoms with Crippen molar-refractivity contribution in [3.63, 3.8) is 0 Å². The summed E-state index contributed by atoms with van der Waals surface area (Å²) in [7, 11) is -1.71. The number of benzene rings is 1. The largest absolute Gasteiger partial charge is 0.416 e. The Morgan fingerprint density at radius 2 is 1.94 bits per heavy atom. The van der Waals surface area contributed by atoms with Crippen LogP contribution in [0.2, 0.25) is 0 Å². The number of rotatable bonds is 2. The fraction of sp³-hybridized carbons (Fsp3) is 0.222. The maximum atomic E-state index is 12.3. The normalized spacial score (nSPS) is 13.5. The SMILES string of the molecule is CS(=O)c1cc(C(F)(F)F)ccc1C(N)=O. The van der Waals surface area contributed by atoms with Crippen molar-refractivity contribution in [3.05, 3.63) is 29.3 Å². The Morgan fingerprint density at radius 1 is 1.38 bits per heavy atom. The third-order valence-corrected chi connectivity index (χ3v) is 2.84. The summed E-state index contributed by atoms with van der Waals surface area (Å²) in [6, 6.07) is 2.34. The van der Waals surface area contributed by atoms with E-state index in [-0.39, 0.29) is 10.5 Å². The Kier molecular flexibility index (Phi) is 3.37. The molecule has 3 nitrogen and oxygen atoms in total. The van der Waals surface area contributed by atoms with Gasteiger partial charge in [-0.2, -0.15) is 13.2 Å². The number of carbonyl (C=O) groups is 1. The molecule has 7 heteroatoms. The van der Waals surface area contributed by atoms with Crippen LogP contribution in [0.4, 0.5) is 13.2 Å². The molecule has 2 N–H and O–H groups in total. The highest BCUT2D eigenvalue weighted by atomic mass is 32.2. The zero-order valence-electron chi connectivity index (χ0n) is 8.17. The second-order valence-electron chi connectivity index (χ2n) is 3.03. The summed E-state index contributed by atoms with van der Waals surface area (Å²) in [6.45, 7) is 0. The van der Waals surface area contributed by atoms with Gasteiger partial charge in [-0.05, 0) is 18.2 Å². The Balaban J connectivity index is 3.40. The van der Waals surface area contributed by atoms with Crippen LogP contribution in [0.3, 0.4) is 0 Å². The van der Waals surface area contributed by atoms with Gasteiger partial charge < -0.3 is 5.73 Å². The van der Waals surface area contributed by atoms with Gasteiger partial charge in [0.05, 0.1) is 26.8 Å². The highest BCUT2D eigenvalue weighted by Crippen LogP contribution is 2.31. The molecule has 0 bridgehead atoms. The van der Waals surface area contributed by atoms with Gasteiger partial charge in [0, 0.05) is 6.26 Å². The van der Waals surface area contributed by atoms with E-state index in [9.17, 15) is 22.2 Å². The molecule has 1 aromatic rings. The van der Waals surface area contributed by atoms with Gasteiger partial charge in [-0.3, -0.25) is 9.00 Å². The summed E-state index contributed by atoms with van der Waals surface area (Å²) in [5.41, 5.74) is 3.84. The van der Waals surface area contributed by atoms with Gasteiger partial charge in [0.1, 0.15) is 0 Å². The summed E-state index contributed by atoms with van der Waals surface area (Å²) in [5, 5.41) is 0. The van der Waals surface area contributed by atoms with Crippen LogP contribution >= 0.6 is 0 Å². The molecule has 1 amide bonds. The molecule has 1 rings (SSSR count). The first-order valence-electron chi connectivity index (χ1n) is 4.08. The molecule has 0 aliphatic rings. The van der Waals surface area contributed by atoms with Crippen LogP contribution < -0.4 is 5.73 Å². The topological polar surface area (TPSA) is 60.2 Å². The minimum atomic E-state index is -4.54. The monoisotopic (exact) mass is 251 g/mol. The lowest BCUT2D eigenvalue weighted by atomic mass is 10.1. The zero-order valence-corrected chi connectivity index (χ0v) is 8.98. The van der Waals surface area contributed by atoms with E-state index < -0.39 is 28.4 Å². The highest BCUT2D eigenvalue weighted by Gasteiger charge is 2.31. The molecule has 0 aliphatic heterocycles. The van der Waals surface area contributed by atoms with Crippen molar-refractivity contribution in [1.82, 2.24) is 0 Å². The summed E-state index contributed by atoms with van der Waals surface area (Å²) < 4.78 is 48.2. The molecule has 0 saturated heterocycles. The molecule has 0 heterocycles. The van der Waals surface area contributed by atoms with Crippen LogP contribution in [0.25, 0.3) is 0 Å². The highest BCUT2D eigenvalue weighted by molar-refractivity contribution is 7.84. The zero-order chi connectivity index (χ0) is 12.5. The van der Waals surface area contributed by atoms with Gasteiger partial charge in [0.15, 0.2) is 0 Å². The standard InChI is InChI=1S/C9H8F3NO2S/c1-16(15)7-4-5(9(10,11)12)2-3-6(7)8(13)14/h2-4H,1H3,(H2,13,14). The van der Waals surface area contributed by atoms with Gasteiger partial charge in [-0.15, -0.1) is 0 Å². The lowest BCUT2D eigenvalue weighted by molar-refractivity contribution is -0.137. The van der Waals surface area contributed by atoms with Gasteiger partial charge in [0.25, 0.3) is 0 Å². The average molecular weight is 251 g/mol. The molecule has 88 valence electrons. The molecule has 0 saturated carbocycles. The van der Waals surface area contributed by atoms with E-state index in [0.29, 0.717) is 6.07 Å². The van der Waals surface area contributed by atoms with E-state index in [4.69, 9.17) is 5.73 Å². The maximum Gasteiger partial charge on any atom is 0.416 e. The van der Waals surface area contributed by atoms with Crippen LogP contribution in [0, 0.1) is 0 Å². The van der Waals surface area contributed by atoms with E-state index >= 15 is 0 Å². The van der Waals surface area contributed by atoms with Crippen molar-refractivity contribution in [3.8, 4) is 0 Å². The fourth-order valence-corrected chi connectivity index (χ4v) is 1.91. The predicted octanol–water partition coefficient (Wildman–Crippen LogP) is 1.54. The molecular weight excluding hydrogens is 243 g/mol. The number of carbonyl (C=O) groups excluding carboxylic acids is 1. The second-order valence-corrected chi connectivity index (χ2v) is 4.38. The lowest BCUT2D eigenvalue weighted by Crippen LogP contribution is -2.15. The van der Waals surface area contributed by atoms with Crippen LogP contribution in [0.1, 0.15) is 15.9 Å². The molecule has 1 aromatic carbocycles. The Labute approximate surface area is 91.9 Å². The number of alkyl halides is 3. The first-order chi connectivity index (χ1) is 7.23. The van der Waals surface area contributed by atoms with Crippen molar-refractivity contribution in [2.45, 2.75) is 11.1 Å². The van der Waals surface area contributed by atoms with Crippen molar-refractivity contribution in [1.29, 1.82) is 0 Å². The first-order valence-corrected chi connectivity index (χ1v) is 5.63. The van der Waals surface area contributed by atoms with Gasteiger partial charge in [-0.25, -0.2) is 0 Å². The number of hydrogen-bond acceptors (Lipinski definition) is 2. The third-order valence-electron chi connectivity index (χ3n) is 1.88. The van der Waals surface area contributed by atoms with E-state index in [1.54, 1.807) is 0 Å². The van der Waals surface area contributed by atoms with E-state index in [2.05, 4.69) is 0 Å². The Bertz CT molecular complexity index is 457. The molecule has 0 aromatic heterocycles. The summed E-state index contributed by atoms with van der Waals surface area (Å²) in [4.78, 5) is 10.7. The molecule has 1 atom stereocenters. The second kappa shape index (κ2) is 4.25. The maximum absolute atomic E-state index is 12.3. The lowest BCUT2D eigenvalue weighted by Gasteiger charge is -2.10. The molecule has 0 aliphatic carbocycles. The van der Waals surface area contributed by atoms with E-state index in [1.165, 1.54) is 6.26 Å². The number of primary amides is 1. The number of amides is 1.